The Morgan fingerprint density at radius 1 is 1.08 bits per heavy atom. The summed E-state index contributed by atoms with van der Waals surface area (Å²) in [6.45, 7) is 2.53. The molecule has 1 fully saturated rings. The first-order chi connectivity index (χ1) is 12.7. The predicted molar refractivity (Wildman–Crippen MR) is 98.6 cm³/mol. The predicted octanol–water partition coefficient (Wildman–Crippen LogP) is 1.83. The van der Waals surface area contributed by atoms with E-state index >= 15 is 0 Å². The highest BCUT2D eigenvalue weighted by Gasteiger charge is 2.19. The summed E-state index contributed by atoms with van der Waals surface area (Å²) in [5.74, 6) is 0.515. The van der Waals surface area contributed by atoms with Gasteiger partial charge in [-0.05, 0) is 36.6 Å². The summed E-state index contributed by atoms with van der Waals surface area (Å²) in [6, 6.07) is 9.20. The van der Waals surface area contributed by atoms with E-state index in [9.17, 15) is 9.59 Å². The van der Waals surface area contributed by atoms with E-state index in [0.29, 0.717) is 31.0 Å². The third-order valence-electron chi connectivity index (χ3n) is 4.26. The van der Waals surface area contributed by atoms with Crippen LogP contribution in [0.5, 0.6) is 0 Å². The molecule has 2 aromatic rings. The second-order valence-corrected chi connectivity index (χ2v) is 6.23. The summed E-state index contributed by atoms with van der Waals surface area (Å²) < 4.78 is 0. The number of benzene rings is 1. The Bertz CT molecular complexity index is 745. The van der Waals surface area contributed by atoms with E-state index in [-0.39, 0.29) is 11.8 Å². The Morgan fingerprint density at radius 3 is 2.62 bits per heavy atom. The molecule has 1 saturated heterocycles. The lowest BCUT2D eigenvalue weighted by atomic mass is 10.1. The fourth-order valence-electron chi connectivity index (χ4n) is 2.88. The minimum atomic E-state index is -0.0651. The third kappa shape index (κ3) is 5.02. The van der Waals surface area contributed by atoms with E-state index in [2.05, 4.69) is 20.6 Å². The van der Waals surface area contributed by atoms with Crippen molar-refractivity contribution in [2.24, 2.45) is 0 Å². The quantitative estimate of drug-likeness (QED) is 0.793. The van der Waals surface area contributed by atoms with Crippen molar-refractivity contribution < 1.29 is 9.59 Å². The summed E-state index contributed by atoms with van der Waals surface area (Å²) >= 11 is 0. The van der Waals surface area contributed by atoms with Crippen LogP contribution in [0.3, 0.4) is 0 Å². The number of rotatable bonds is 7. The first kappa shape index (κ1) is 17.8. The smallest absolute Gasteiger partial charge is 0.253 e. The van der Waals surface area contributed by atoms with E-state index in [4.69, 9.17) is 0 Å². The van der Waals surface area contributed by atoms with Crippen molar-refractivity contribution in [1.82, 2.24) is 20.2 Å². The van der Waals surface area contributed by atoms with E-state index in [1.54, 1.807) is 18.5 Å². The van der Waals surface area contributed by atoms with Gasteiger partial charge in [-0.15, -0.1) is 0 Å². The van der Waals surface area contributed by atoms with Gasteiger partial charge in [0.15, 0.2) is 0 Å². The molecule has 0 bridgehead atoms. The fourth-order valence-corrected chi connectivity index (χ4v) is 2.88. The zero-order valence-corrected chi connectivity index (χ0v) is 14.6. The number of nitrogens with one attached hydrogen (secondary N) is 2. The standard InChI is InChI=1S/C19H23N5O2/c25-17(7-10-22-19-20-8-4-9-21-19)23-14-15-5-3-6-16(13-15)18(26)24-11-1-2-12-24/h3-6,8-9,13H,1-2,7,10-12,14H2,(H,23,25)(H,20,21,22). The van der Waals surface area contributed by atoms with Gasteiger partial charge in [-0.3, -0.25) is 9.59 Å². The lowest BCUT2D eigenvalue weighted by Crippen LogP contribution is -2.28. The van der Waals surface area contributed by atoms with Gasteiger partial charge in [0.2, 0.25) is 11.9 Å². The van der Waals surface area contributed by atoms with Gasteiger partial charge in [-0.25, -0.2) is 9.97 Å². The topological polar surface area (TPSA) is 87.2 Å². The van der Waals surface area contributed by atoms with Crippen LogP contribution < -0.4 is 10.6 Å². The number of likely N-dealkylation sites (tertiary alicyclic amines) is 1. The molecule has 1 aromatic carbocycles. The molecule has 1 aliphatic rings. The molecule has 2 heterocycles. The molecule has 26 heavy (non-hydrogen) atoms. The maximum absolute atomic E-state index is 12.4. The number of aromatic nitrogens is 2. The van der Waals surface area contributed by atoms with Gasteiger partial charge in [-0.2, -0.15) is 0 Å². The van der Waals surface area contributed by atoms with E-state index in [1.807, 2.05) is 29.2 Å². The summed E-state index contributed by atoms with van der Waals surface area (Å²) in [5.41, 5.74) is 1.60. The first-order valence-corrected chi connectivity index (χ1v) is 8.88. The van der Waals surface area contributed by atoms with Crippen LogP contribution in [0.25, 0.3) is 0 Å². The Kier molecular flexibility index (Phi) is 6.14. The Morgan fingerprint density at radius 2 is 1.85 bits per heavy atom. The zero-order chi connectivity index (χ0) is 18.2. The van der Waals surface area contributed by atoms with Gasteiger partial charge in [0.05, 0.1) is 0 Å². The molecule has 0 radical (unpaired) electrons. The van der Waals surface area contributed by atoms with Crippen molar-refractivity contribution in [2.75, 3.05) is 25.0 Å². The van der Waals surface area contributed by atoms with E-state index < -0.39 is 0 Å². The number of carbonyl (C=O) groups excluding carboxylic acids is 2. The molecule has 0 spiro atoms. The van der Waals surface area contributed by atoms with Crippen LogP contribution in [0.4, 0.5) is 5.95 Å². The summed E-state index contributed by atoms with van der Waals surface area (Å²) in [5, 5.41) is 5.87. The second-order valence-electron chi connectivity index (χ2n) is 6.23. The van der Waals surface area contributed by atoms with Crippen LogP contribution in [-0.4, -0.2) is 46.3 Å². The minimum Gasteiger partial charge on any atom is -0.354 e. The van der Waals surface area contributed by atoms with Gasteiger partial charge in [-0.1, -0.05) is 12.1 Å². The number of nitrogens with zero attached hydrogens (tertiary/aromatic N) is 3. The van der Waals surface area contributed by atoms with Crippen molar-refractivity contribution in [3.05, 3.63) is 53.9 Å². The van der Waals surface area contributed by atoms with Crippen molar-refractivity contribution in [3.8, 4) is 0 Å². The largest absolute Gasteiger partial charge is 0.354 e. The number of carbonyl (C=O) groups is 2. The average molecular weight is 353 g/mol. The van der Waals surface area contributed by atoms with Crippen molar-refractivity contribution in [1.29, 1.82) is 0 Å². The Balaban J connectivity index is 1.44. The number of amides is 2. The lowest BCUT2D eigenvalue weighted by Gasteiger charge is -2.15. The van der Waals surface area contributed by atoms with E-state index in [0.717, 1.165) is 31.5 Å². The van der Waals surface area contributed by atoms with Gasteiger partial charge >= 0.3 is 0 Å². The molecule has 1 aromatic heterocycles. The van der Waals surface area contributed by atoms with Crippen LogP contribution in [0.2, 0.25) is 0 Å². The number of hydrogen-bond donors (Lipinski definition) is 2. The average Bonchev–Trinajstić information content (AvgIpc) is 3.22. The maximum atomic E-state index is 12.4. The summed E-state index contributed by atoms with van der Waals surface area (Å²) in [7, 11) is 0. The van der Waals surface area contributed by atoms with Crippen LogP contribution in [0.15, 0.2) is 42.7 Å². The molecule has 1 aliphatic heterocycles. The third-order valence-corrected chi connectivity index (χ3v) is 4.26. The molecular weight excluding hydrogens is 330 g/mol. The van der Waals surface area contributed by atoms with Gasteiger partial charge in [0, 0.05) is 50.6 Å². The zero-order valence-electron chi connectivity index (χ0n) is 14.6. The first-order valence-electron chi connectivity index (χ1n) is 8.88. The van der Waals surface area contributed by atoms with Crippen LogP contribution in [0.1, 0.15) is 35.2 Å². The molecule has 0 atom stereocenters. The van der Waals surface area contributed by atoms with E-state index in [1.165, 1.54) is 0 Å². The molecule has 7 nitrogen and oxygen atoms in total. The van der Waals surface area contributed by atoms with Crippen molar-refractivity contribution in [3.63, 3.8) is 0 Å². The van der Waals surface area contributed by atoms with Crippen LogP contribution in [-0.2, 0) is 11.3 Å². The highest BCUT2D eigenvalue weighted by Crippen LogP contribution is 2.14. The molecule has 7 heteroatoms. The number of hydrogen-bond acceptors (Lipinski definition) is 5. The van der Waals surface area contributed by atoms with Crippen molar-refractivity contribution >= 4 is 17.8 Å². The van der Waals surface area contributed by atoms with Gasteiger partial charge in [0.1, 0.15) is 0 Å². The van der Waals surface area contributed by atoms with Crippen LogP contribution >= 0.6 is 0 Å². The normalized spacial score (nSPS) is 13.5. The summed E-state index contributed by atoms with van der Waals surface area (Å²) in [4.78, 5) is 34.4. The molecule has 3 rings (SSSR count). The highest BCUT2D eigenvalue weighted by atomic mass is 16.2. The molecule has 136 valence electrons. The second kappa shape index (κ2) is 8.94. The fraction of sp³-hybridized carbons (Fsp3) is 0.368. The lowest BCUT2D eigenvalue weighted by molar-refractivity contribution is -0.121. The molecule has 0 aliphatic carbocycles. The Labute approximate surface area is 152 Å². The highest BCUT2D eigenvalue weighted by molar-refractivity contribution is 5.94. The molecule has 2 amide bonds. The molecule has 2 N–H and O–H groups in total. The molecular formula is C19H23N5O2. The van der Waals surface area contributed by atoms with Crippen LogP contribution in [0, 0.1) is 0 Å². The molecule has 0 saturated carbocycles. The SMILES string of the molecule is O=C(CCNc1ncccn1)NCc1cccc(C(=O)N2CCCC2)c1. The number of anilines is 1. The van der Waals surface area contributed by atoms with Crippen molar-refractivity contribution in [2.45, 2.75) is 25.8 Å². The molecule has 0 unspecified atom stereocenters. The van der Waals surface area contributed by atoms with Gasteiger partial charge < -0.3 is 15.5 Å². The monoisotopic (exact) mass is 353 g/mol. The van der Waals surface area contributed by atoms with Gasteiger partial charge in [0.25, 0.3) is 5.91 Å². The Hall–Kier alpha value is -2.96. The minimum absolute atomic E-state index is 0.0651. The summed E-state index contributed by atoms with van der Waals surface area (Å²) in [6.07, 6.45) is 5.76. The maximum Gasteiger partial charge on any atom is 0.253 e.